The van der Waals surface area contributed by atoms with Gasteiger partial charge < -0.3 is 20.1 Å². The van der Waals surface area contributed by atoms with Crippen molar-refractivity contribution < 1.29 is 19.0 Å². The van der Waals surface area contributed by atoms with Gasteiger partial charge in [-0.2, -0.15) is 0 Å². The van der Waals surface area contributed by atoms with Gasteiger partial charge in [-0.05, 0) is 39.8 Å². The number of hydrogen-bond acceptors (Lipinski definition) is 3. The molecule has 0 bridgehead atoms. The van der Waals surface area contributed by atoms with Gasteiger partial charge >= 0.3 is 6.03 Å². The van der Waals surface area contributed by atoms with E-state index in [0.29, 0.717) is 12.3 Å². The van der Waals surface area contributed by atoms with Gasteiger partial charge in [0.15, 0.2) is 0 Å². The van der Waals surface area contributed by atoms with Gasteiger partial charge in [0.1, 0.15) is 17.7 Å². The first-order valence-electron chi connectivity index (χ1n) is 7.38. The number of ether oxygens (including phenoxy) is 1. The molecule has 22 heavy (non-hydrogen) atoms. The maximum absolute atomic E-state index is 13.1. The second-order valence-electron chi connectivity index (χ2n) is 5.90. The number of urea groups is 1. The fourth-order valence-electron chi connectivity index (χ4n) is 1.95. The summed E-state index contributed by atoms with van der Waals surface area (Å²) in [7, 11) is 0. The fraction of sp³-hybridized carbons (Fsp3) is 0.562. The lowest BCUT2D eigenvalue weighted by atomic mass is 10.1. The molecule has 1 aromatic carbocycles. The van der Waals surface area contributed by atoms with Crippen LogP contribution in [0, 0.1) is 5.82 Å². The minimum atomic E-state index is -0.947. The second kappa shape index (κ2) is 7.98. The second-order valence-corrected chi connectivity index (χ2v) is 5.90. The molecule has 0 aliphatic rings. The van der Waals surface area contributed by atoms with Crippen LogP contribution in [0.3, 0.4) is 0 Å². The minimum Gasteiger partial charge on any atom is -0.489 e. The molecule has 0 spiro atoms. The molecule has 0 fully saturated rings. The number of carbonyl (C=O) groups excluding carboxylic acids is 1. The number of likely N-dealkylation sites (N-methyl/N-ethyl adjacent to an activating group) is 1. The fourth-order valence-corrected chi connectivity index (χ4v) is 1.95. The average molecular weight is 312 g/mol. The molecule has 0 heterocycles. The molecule has 6 heteroatoms. The third-order valence-electron chi connectivity index (χ3n) is 2.92. The topological polar surface area (TPSA) is 61.8 Å². The third kappa shape index (κ3) is 6.76. The largest absolute Gasteiger partial charge is 0.489 e. The number of nitrogens with zero attached hydrogens (tertiary/aromatic N) is 1. The van der Waals surface area contributed by atoms with Crippen molar-refractivity contribution in [2.24, 2.45) is 0 Å². The highest BCUT2D eigenvalue weighted by atomic mass is 19.1. The highest BCUT2D eigenvalue weighted by molar-refractivity contribution is 5.74. The molecule has 0 saturated carbocycles. The zero-order chi connectivity index (χ0) is 16.8. The molecule has 2 amide bonds. The molecule has 124 valence electrons. The number of carbonyl (C=O) groups is 1. The van der Waals surface area contributed by atoms with E-state index in [4.69, 9.17) is 4.74 Å². The summed E-state index contributed by atoms with van der Waals surface area (Å²) < 4.78 is 18.6. The van der Waals surface area contributed by atoms with Gasteiger partial charge in [-0.25, -0.2) is 9.18 Å². The zero-order valence-electron chi connectivity index (χ0n) is 13.6. The van der Waals surface area contributed by atoms with E-state index >= 15 is 0 Å². The summed E-state index contributed by atoms with van der Waals surface area (Å²) >= 11 is 0. The molecule has 0 saturated heterocycles. The summed E-state index contributed by atoms with van der Waals surface area (Å²) in [5.41, 5.74) is -0.947. The Morgan fingerprint density at radius 1 is 1.50 bits per heavy atom. The summed E-state index contributed by atoms with van der Waals surface area (Å²) in [5, 5.41) is 12.5. The zero-order valence-corrected chi connectivity index (χ0v) is 13.6. The molecular weight excluding hydrogens is 287 g/mol. The van der Waals surface area contributed by atoms with Crippen molar-refractivity contribution in [1.29, 1.82) is 0 Å². The predicted molar refractivity (Wildman–Crippen MR) is 83.4 cm³/mol. The lowest BCUT2D eigenvalue weighted by molar-refractivity contribution is 0.0476. The Hall–Kier alpha value is -1.82. The first-order chi connectivity index (χ1) is 10.2. The van der Waals surface area contributed by atoms with Crippen LogP contribution < -0.4 is 10.1 Å². The van der Waals surface area contributed by atoms with Crippen LogP contribution in [-0.2, 0) is 0 Å². The lowest BCUT2D eigenvalue weighted by Gasteiger charge is -2.28. The monoisotopic (exact) mass is 312 g/mol. The quantitative estimate of drug-likeness (QED) is 0.812. The van der Waals surface area contributed by atoms with E-state index in [1.807, 2.05) is 6.92 Å². The van der Waals surface area contributed by atoms with E-state index in [1.165, 1.54) is 17.0 Å². The number of amides is 2. The van der Waals surface area contributed by atoms with Gasteiger partial charge in [-0.3, -0.25) is 0 Å². The third-order valence-corrected chi connectivity index (χ3v) is 2.92. The van der Waals surface area contributed by atoms with Crippen LogP contribution in [0.2, 0.25) is 0 Å². The molecular formula is C16H25FN2O3. The van der Waals surface area contributed by atoms with E-state index in [1.54, 1.807) is 32.9 Å². The van der Waals surface area contributed by atoms with E-state index in [9.17, 15) is 14.3 Å². The molecule has 1 unspecified atom stereocenters. The molecule has 0 aliphatic carbocycles. The summed E-state index contributed by atoms with van der Waals surface area (Å²) in [6.07, 6.45) is -0.299. The highest BCUT2D eigenvalue weighted by Gasteiger charge is 2.21. The van der Waals surface area contributed by atoms with Gasteiger partial charge in [0, 0.05) is 12.6 Å². The van der Waals surface area contributed by atoms with Gasteiger partial charge in [-0.15, -0.1) is 0 Å². The van der Waals surface area contributed by atoms with Gasteiger partial charge in [0.05, 0.1) is 18.7 Å². The minimum absolute atomic E-state index is 0.245. The Balaban J connectivity index is 2.45. The Kier molecular flexibility index (Phi) is 6.61. The van der Waals surface area contributed by atoms with Crippen LogP contribution in [0.5, 0.6) is 5.75 Å². The van der Waals surface area contributed by atoms with Gasteiger partial charge in [0.25, 0.3) is 0 Å². The molecule has 0 aliphatic heterocycles. The van der Waals surface area contributed by atoms with E-state index < -0.39 is 5.60 Å². The summed E-state index contributed by atoms with van der Waals surface area (Å²) in [4.78, 5) is 13.6. The van der Waals surface area contributed by atoms with Crippen molar-refractivity contribution >= 4 is 6.03 Å². The Morgan fingerprint density at radius 2 is 2.18 bits per heavy atom. The van der Waals surface area contributed by atoms with Crippen molar-refractivity contribution in [3.05, 3.63) is 30.1 Å². The van der Waals surface area contributed by atoms with Crippen LogP contribution >= 0.6 is 0 Å². The maximum Gasteiger partial charge on any atom is 0.317 e. The maximum atomic E-state index is 13.1. The van der Waals surface area contributed by atoms with E-state index in [-0.39, 0.29) is 31.0 Å². The smallest absolute Gasteiger partial charge is 0.317 e. The van der Waals surface area contributed by atoms with Crippen molar-refractivity contribution in [2.75, 3.05) is 19.6 Å². The summed E-state index contributed by atoms with van der Waals surface area (Å²) in [6.45, 7) is 7.97. The number of halogens is 1. The molecule has 2 N–H and O–H groups in total. The lowest BCUT2D eigenvalue weighted by Crippen LogP contribution is -2.48. The van der Waals surface area contributed by atoms with Crippen LogP contribution in [0.25, 0.3) is 0 Å². The first kappa shape index (κ1) is 18.2. The Morgan fingerprint density at radius 3 is 2.73 bits per heavy atom. The molecule has 0 aromatic heterocycles. The van der Waals surface area contributed by atoms with Gasteiger partial charge in [-0.1, -0.05) is 6.07 Å². The first-order valence-corrected chi connectivity index (χ1v) is 7.38. The molecule has 5 nitrogen and oxygen atoms in total. The standard InChI is InChI=1S/C16H25FN2O3/c1-5-19(11-16(3,4)21)15(20)18-10-12(2)22-14-8-6-7-13(17)9-14/h6-9,12,21H,5,10-11H2,1-4H3,(H,18,20). The summed E-state index contributed by atoms with van der Waals surface area (Å²) in [6, 6.07) is 5.60. The number of nitrogens with one attached hydrogen (secondary N) is 1. The van der Waals surface area contributed by atoms with Crippen molar-refractivity contribution in [1.82, 2.24) is 10.2 Å². The Bertz CT molecular complexity index is 489. The number of benzene rings is 1. The highest BCUT2D eigenvalue weighted by Crippen LogP contribution is 2.13. The van der Waals surface area contributed by atoms with Crippen LogP contribution in [0.4, 0.5) is 9.18 Å². The predicted octanol–water partition coefficient (Wildman–Crippen LogP) is 2.40. The van der Waals surface area contributed by atoms with Crippen LogP contribution in [0.1, 0.15) is 27.7 Å². The number of aliphatic hydroxyl groups is 1. The van der Waals surface area contributed by atoms with Crippen molar-refractivity contribution in [3.63, 3.8) is 0 Å². The normalized spacial score (nSPS) is 12.6. The number of rotatable bonds is 7. The molecule has 0 radical (unpaired) electrons. The number of hydrogen-bond donors (Lipinski definition) is 2. The average Bonchev–Trinajstić information content (AvgIpc) is 2.41. The van der Waals surface area contributed by atoms with Crippen molar-refractivity contribution in [2.45, 2.75) is 39.4 Å². The molecule has 1 rings (SSSR count). The Labute approximate surface area is 131 Å². The van der Waals surface area contributed by atoms with Crippen molar-refractivity contribution in [3.8, 4) is 5.75 Å². The molecule has 1 aromatic rings. The molecule has 1 atom stereocenters. The van der Waals surface area contributed by atoms with Gasteiger partial charge in [0.2, 0.25) is 0 Å². The SMILES string of the molecule is CCN(CC(C)(C)O)C(=O)NCC(C)Oc1cccc(F)c1. The van der Waals surface area contributed by atoms with Crippen LogP contribution in [0.15, 0.2) is 24.3 Å². The van der Waals surface area contributed by atoms with Crippen LogP contribution in [-0.4, -0.2) is 47.4 Å². The van der Waals surface area contributed by atoms with E-state index in [0.717, 1.165) is 0 Å². The van der Waals surface area contributed by atoms with E-state index in [2.05, 4.69) is 5.32 Å². The summed E-state index contributed by atoms with van der Waals surface area (Å²) in [5.74, 6) is 0.0571.